The van der Waals surface area contributed by atoms with Crippen LogP contribution in [0, 0.1) is 0 Å². The standard InChI is InChI=1S/C12H28OSi/c1-6-10-14(9-4,11-7-2)13-12(5)8-3/h12H,6-11H2,1-5H3. The van der Waals surface area contributed by atoms with Crippen molar-refractivity contribution >= 4 is 8.32 Å². The predicted octanol–water partition coefficient (Wildman–Crippen LogP) is 4.59. The van der Waals surface area contributed by atoms with Crippen LogP contribution in [0.25, 0.3) is 0 Å². The number of hydrogen-bond donors (Lipinski definition) is 0. The summed E-state index contributed by atoms with van der Waals surface area (Å²) < 4.78 is 6.36. The molecular formula is C12H28OSi. The molecule has 1 unspecified atom stereocenters. The molecule has 0 aliphatic rings. The fraction of sp³-hybridized carbons (Fsp3) is 1.00. The van der Waals surface area contributed by atoms with E-state index in [1.807, 2.05) is 0 Å². The first-order valence-electron chi connectivity index (χ1n) is 6.31. The van der Waals surface area contributed by atoms with E-state index in [1.54, 1.807) is 0 Å². The third-order valence-corrected chi connectivity index (χ3v) is 8.10. The Morgan fingerprint density at radius 3 is 1.79 bits per heavy atom. The Morgan fingerprint density at radius 2 is 1.50 bits per heavy atom. The van der Waals surface area contributed by atoms with Crippen LogP contribution >= 0.6 is 0 Å². The topological polar surface area (TPSA) is 9.23 Å². The maximum atomic E-state index is 6.36. The second kappa shape index (κ2) is 7.47. The first kappa shape index (κ1) is 14.2. The predicted molar refractivity (Wildman–Crippen MR) is 67.3 cm³/mol. The van der Waals surface area contributed by atoms with Gasteiger partial charge in [0.2, 0.25) is 0 Å². The monoisotopic (exact) mass is 216 g/mol. The lowest BCUT2D eigenvalue weighted by atomic mass is 10.3. The molecule has 86 valence electrons. The van der Waals surface area contributed by atoms with E-state index < -0.39 is 8.32 Å². The van der Waals surface area contributed by atoms with Crippen LogP contribution in [0.3, 0.4) is 0 Å². The summed E-state index contributed by atoms with van der Waals surface area (Å²) in [5.74, 6) is 0. The highest BCUT2D eigenvalue weighted by molar-refractivity contribution is 6.73. The Morgan fingerprint density at radius 1 is 1.00 bits per heavy atom. The lowest BCUT2D eigenvalue weighted by molar-refractivity contribution is 0.200. The highest BCUT2D eigenvalue weighted by Gasteiger charge is 2.32. The van der Waals surface area contributed by atoms with Crippen LogP contribution in [-0.4, -0.2) is 14.4 Å². The van der Waals surface area contributed by atoms with Crippen molar-refractivity contribution in [3.05, 3.63) is 0 Å². The summed E-state index contributed by atoms with van der Waals surface area (Å²) in [7, 11) is -1.35. The van der Waals surface area contributed by atoms with Gasteiger partial charge in [-0.3, -0.25) is 0 Å². The Hall–Kier alpha value is 0.177. The Labute approximate surface area is 91.4 Å². The zero-order chi connectivity index (χ0) is 11.0. The first-order chi connectivity index (χ1) is 6.64. The zero-order valence-corrected chi connectivity index (χ0v) is 11.7. The summed E-state index contributed by atoms with van der Waals surface area (Å²) in [6.07, 6.45) is 4.20. The van der Waals surface area contributed by atoms with Crippen molar-refractivity contribution in [3.63, 3.8) is 0 Å². The largest absolute Gasteiger partial charge is 0.414 e. The van der Waals surface area contributed by atoms with Crippen molar-refractivity contribution in [2.75, 3.05) is 0 Å². The van der Waals surface area contributed by atoms with Crippen molar-refractivity contribution < 1.29 is 4.43 Å². The Kier molecular flexibility index (Phi) is 7.56. The van der Waals surface area contributed by atoms with Crippen molar-refractivity contribution in [2.45, 2.75) is 78.1 Å². The van der Waals surface area contributed by atoms with Crippen LogP contribution in [0.2, 0.25) is 18.1 Å². The van der Waals surface area contributed by atoms with E-state index >= 15 is 0 Å². The van der Waals surface area contributed by atoms with Gasteiger partial charge >= 0.3 is 0 Å². The minimum atomic E-state index is -1.35. The molecular weight excluding hydrogens is 188 g/mol. The molecule has 0 bridgehead atoms. The quantitative estimate of drug-likeness (QED) is 0.539. The van der Waals surface area contributed by atoms with E-state index in [4.69, 9.17) is 4.43 Å². The summed E-state index contributed by atoms with van der Waals surface area (Å²) in [5, 5.41) is 0. The normalized spacial score (nSPS) is 14.4. The maximum absolute atomic E-state index is 6.36. The minimum Gasteiger partial charge on any atom is -0.414 e. The van der Waals surface area contributed by atoms with Gasteiger partial charge < -0.3 is 4.43 Å². The van der Waals surface area contributed by atoms with Crippen molar-refractivity contribution in [1.29, 1.82) is 0 Å². The van der Waals surface area contributed by atoms with Crippen molar-refractivity contribution in [3.8, 4) is 0 Å². The third kappa shape index (κ3) is 4.60. The minimum absolute atomic E-state index is 0.472. The van der Waals surface area contributed by atoms with Crippen LogP contribution in [0.1, 0.15) is 53.9 Å². The van der Waals surface area contributed by atoms with Crippen LogP contribution in [0.4, 0.5) is 0 Å². The molecule has 1 nitrogen and oxygen atoms in total. The molecule has 0 heterocycles. The molecule has 0 radical (unpaired) electrons. The molecule has 0 aliphatic carbocycles. The van der Waals surface area contributed by atoms with Gasteiger partial charge in [-0.05, 0) is 31.5 Å². The van der Waals surface area contributed by atoms with Crippen LogP contribution < -0.4 is 0 Å². The molecule has 0 rings (SSSR count). The molecule has 14 heavy (non-hydrogen) atoms. The van der Waals surface area contributed by atoms with E-state index in [0.29, 0.717) is 6.10 Å². The SMILES string of the molecule is CCC[Si](CC)(CCC)OC(C)CC. The molecule has 0 aromatic rings. The molecule has 0 aromatic heterocycles. The summed E-state index contributed by atoms with van der Waals surface area (Å²) in [4.78, 5) is 0. The average Bonchev–Trinajstić information content (AvgIpc) is 2.18. The number of hydrogen-bond acceptors (Lipinski definition) is 1. The third-order valence-electron chi connectivity index (χ3n) is 3.08. The molecule has 0 fully saturated rings. The summed E-state index contributed by atoms with van der Waals surface area (Å²) >= 11 is 0. The molecule has 0 aliphatic heterocycles. The zero-order valence-electron chi connectivity index (χ0n) is 10.7. The lowest BCUT2D eigenvalue weighted by Crippen LogP contribution is -2.40. The summed E-state index contributed by atoms with van der Waals surface area (Å²) in [6, 6.07) is 3.99. The van der Waals surface area contributed by atoms with Gasteiger partial charge in [-0.15, -0.1) is 0 Å². The number of rotatable bonds is 8. The van der Waals surface area contributed by atoms with E-state index in [1.165, 1.54) is 31.0 Å². The second-order valence-corrected chi connectivity index (χ2v) is 8.68. The average molecular weight is 216 g/mol. The molecule has 0 amide bonds. The highest BCUT2D eigenvalue weighted by Crippen LogP contribution is 2.27. The van der Waals surface area contributed by atoms with Gasteiger partial charge in [0.05, 0.1) is 0 Å². The van der Waals surface area contributed by atoms with Crippen molar-refractivity contribution in [1.82, 2.24) is 0 Å². The molecule has 1 atom stereocenters. The molecule has 0 spiro atoms. The first-order valence-corrected chi connectivity index (χ1v) is 8.84. The van der Waals surface area contributed by atoms with Crippen molar-refractivity contribution in [2.24, 2.45) is 0 Å². The Balaban J connectivity index is 4.31. The van der Waals surface area contributed by atoms with E-state index in [2.05, 4.69) is 34.6 Å². The summed E-state index contributed by atoms with van der Waals surface area (Å²) in [6.45, 7) is 11.3. The van der Waals surface area contributed by atoms with Crippen LogP contribution in [0.5, 0.6) is 0 Å². The summed E-state index contributed by atoms with van der Waals surface area (Å²) in [5.41, 5.74) is 0. The van der Waals surface area contributed by atoms with Gasteiger partial charge in [-0.2, -0.15) is 0 Å². The molecule has 0 aromatic carbocycles. The molecule has 2 heteroatoms. The van der Waals surface area contributed by atoms with Crippen LogP contribution in [-0.2, 0) is 4.43 Å². The maximum Gasteiger partial charge on any atom is 0.192 e. The lowest BCUT2D eigenvalue weighted by Gasteiger charge is -2.33. The molecule has 0 N–H and O–H groups in total. The van der Waals surface area contributed by atoms with Gasteiger partial charge in [0.1, 0.15) is 0 Å². The molecule has 0 saturated heterocycles. The smallest absolute Gasteiger partial charge is 0.192 e. The fourth-order valence-electron chi connectivity index (χ4n) is 2.10. The van der Waals surface area contributed by atoms with Gasteiger partial charge in [-0.1, -0.05) is 40.5 Å². The van der Waals surface area contributed by atoms with E-state index in [-0.39, 0.29) is 0 Å². The highest BCUT2D eigenvalue weighted by atomic mass is 28.4. The fourth-order valence-corrected chi connectivity index (χ4v) is 6.30. The van der Waals surface area contributed by atoms with Crippen LogP contribution in [0.15, 0.2) is 0 Å². The van der Waals surface area contributed by atoms with Gasteiger partial charge in [0.15, 0.2) is 8.32 Å². The van der Waals surface area contributed by atoms with E-state index in [9.17, 15) is 0 Å². The van der Waals surface area contributed by atoms with Gasteiger partial charge in [0, 0.05) is 6.10 Å². The van der Waals surface area contributed by atoms with Gasteiger partial charge in [-0.25, -0.2) is 0 Å². The Bertz CT molecular complexity index is 130. The molecule has 0 saturated carbocycles. The second-order valence-electron chi connectivity index (χ2n) is 4.37. The van der Waals surface area contributed by atoms with E-state index in [0.717, 1.165) is 6.42 Å². The van der Waals surface area contributed by atoms with Gasteiger partial charge in [0.25, 0.3) is 0 Å².